The van der Waals surface area contributed by atoms with Gasteiger partial charge < -0.3 is 0 Å². The van der Waals surface area contributed by atoms with Crippen LogP contribution in [0.2, 0.25) is 0 Å². The topological polar surface area (TPSA) is 0 Å². The molecule has 0 aliphatic heterocycles. The summed E-state index contributed by atoms with van der Waals surface area (Å²) in [7, 11) is 0. The van der Waals surface area contributed by atoms with Gasteiger partial charge in [-0.05, 0) is 0 Å². The Bertz CT molecular complexity index is 241. The van der Waals surface area contributed by atoms with E-state index in [1.807, 2.05) is 0 Å². The maximum absolute atomic E-state index is 2.60. The molecule has 1 heteroatoms. The monoisotopic (exact) mass is 228 g/mol. The summed E-state index contributed by atoms with van der Waals surface area (Å²) in [6.45, 7) is 6.72. The van der Waals surface area contributed by atoms with Crippen molar-refractivity contribution in [3.8, 4) is 0 Å². The summed E-state index contributed by atoms with van der Waals surface area (Å²) in [5, 5.41) is 1.07. The molecule has 1 aromatic carbocycles. The van der Waals surface area contributed by atoms with Crippen molar-refractivity contribution in [3.63, 3.8) is 0 Å². The van der Waals surface area contributed by atoms with Gasteiger partial charge in [0.2, 0.25) is 0 Å². The van der Waals surface area contributed by atoms with E-state index in [1.54, 1.807) is 0 Å². The van der Waals surface area contributed by atoms with Crippen molar-refractivity contribution in [2.24, 2.45) is 0 Å². The Kier molecular flexibility index (Phi) is 2.98. The first-order valence-electron chi connectivity index (χ1n) is 4.24. The average molecular weight is 227 g/mol. The number of rotatable bonds is 1. The van der Waals surface area contributed by atoms with Crippen LogP contribution in [0.3, 0.4) is 0 Å². The van der Waals surface area contributed by atoms with E-state index in [0.29, 0.717) is 0 Å². The molecule has 0 atom stereocenters. The first-order valence-corrected chi connectivity index (χ1v) is 5.57. The first kappa shape index (κ1) is 9.82. The molecule has 66 valence electrons. The van der Waals surface area contributed by atoms with Crippen LogP contribution < -0.4 is 0 Å². The van der Waals surface area contributed by atoms with E-state index in [9.17, 15) is 0 Å². The second kappa shape index (κ2) is 3.64. The molecule has 0 aromatic heterocycles. The predicted octanol–water partition coefficient (Wildman–Crippen LogP) is 2.38. The molecule has 0 amide bonds. The van der Waals surface area contributed by atoms with Gasteiger partial charge >= 0.3 is 82.9 Å². The van der Waals surface area contributed by atoms with Crippen molar-refractivity contribution in [1.82, 2.24) is 0 Å². The van der Waals surface area contributed by atoms with Crippen LogP contribution in [0.5, 0.6) is 0 Å². The minimum absolute atomic E-state index is 0.279. The van der Waals surface area contributed by atoms with Crippen LogP contribution in [0.1, 0.15) is 31.9 Å². The molecule has 0 radical (unpaired) electrons. The summed E-state index contributed by atoms with van der Waals surface area (Å²) in [6, 6.07) is 8.86. The van der Waals surface area contributed by atoms with Crippen molar-refractivity contribution in [1.29, 1.82) is 0 Å². The molecule has 0 saturated carbocycles. The van der Waals surface area contributed by atoms with Crippen LogP contribution in [0.15, 0.2) is 24.3 Å². The van der Waals surface area contributed by atoms with Gasteiger partial charge in [-0.2, -0.15) is 0 Å². The molecule has 0 saturated heterocycles. The summed E-state index contributed by atoms with van der Waals surface area (Å²) >= 11 is 2.60. The molecule has 0 bridgehead atoms. The fourth-order valence-electron chi connectivity index (χ4n) is 1.11. The SMILES string of the molecule is CC(C)(C)c1ccc(C[SeH])cc1. The molecule has 0 unspecified atom stereocenters. The Balaban J connectivity index is 2.93. The van der Waals surface area contributed by atoms with Gasteiger partial charge in [0, 0.05) is 0 Å². The number of benzene rings is 1. The average Bonchev–Trinajstić information content (AvgIpc) is 2.03. The quantitative estimate of drug-likeness (QED) is 0.646. The van der Waals surface area contributed by atoms with Gasteiger partial charge in [-0.1, -0.05) is 0 Å². The third-order valence-corrected chi connectivity index (χ3v) is 2.77. The van der Waals surface area contributed by atoms with Crippen LogP contribution in [-0.2, 0) is 10.7 Å². The summed E-state index contributed by atoms with van der Waals surface area (Å²) in [5.41, 5.74) is 3.08. The number of hydrogen-bond donors (Lipinski definition) is 0. The first-order chi connectivity index (χ1) is 5.54. The summed E-state index contributed by atoms with van der Waals surface area (Å²) in [4.78, 5) is 0. The molecule has 1 rings (SSSR count). The van der Waals surface area contributed by atoms with E-state index in [1.165, 1.54) is 11.1 Å². The van der Waals surface area contributed by atoms with E-state index < -0.39 is 0 Å². The Morgan fingerprint density at radius 3 is 1.92 bits per heavy atom. The predicted molar refractivity (Wildman–Crippen MR) is 56.0 cm³/mol. The normalized spacial score (nSPS) is 11.7. The summed E-state index contributed by atoms with van der Waals surface area (Å²) < 4.78 is 0. The van der Waals surface area contributed by atoms with Gasteiger partial charge in [0.05, 0.1) is 0 Å². The third kappa shape index (κ3) is 2.36. The zero-order chi connectivity index (χ0) is 9.19. The van der Waals surface area contributed by atoms with E-state index in [2.05, 4.69) is 61.0 Å². The molecule has 0 spiro atoms. The van der Waals surface area contributed by atoms with Gasteiger partial charge in [0.25, 0.3) is 0 Å². The van der Waals surface area contributed by atoms with Crippen LogP contribution in [0, 0.1) is 0 Å². The molecule has 0 aliphatic carbocycles. The second-order valence-corrected chi connectivity index (χ2v) is 4.77. The zero-order valence-corrected chi connectivity index (χ0v) is 9.84. The fourth-order valence-corrected chi connectivity index (χ4v) is 1.55. The van der Waals surface area contributed by atoms with E-state index in [-0.39, 0.29) is 5.41 Å². The zero-order valence-electron chi connectivity index (χ0n) is 7.96. The van der Waals surface area contributed by atoms with E-state index >= 15 is 0 Å². The van der Waals surface area contributed by atoms with Gasteiger partial charge in [-0.25, -0.2) is 0 Å². The molecule has 0 aliphatic rings. The standard InChI is InChI=1S/C11H16Se/c1-11(2,3)10-6-4-9(8-12)5-7-10/h4-7,12H,8H2,1-3H3. The van der Waals surface area contributed by atoms with Gasteiger partial charge in [0.15, 0.2) is 0 Å². The van der Waals surface area contributed by atoms with Crippen LogP contribution >= 0.6 is 0 Å². The van der Waals surface area contributed by atoms with E-state index in [4.69, 9.17) is 0 Å². The molecule has 0 heterocycles. The molecule has 12 heavy (non-hydrogen) atoms. The van der Waals surface area contributed by atoms with Crippen LogP contribution in [0.4, 0.5) is 0 Å². The molecule has 0 fully saturated rings. The Morgan fingerprint density at radius 2 is 1.58 bits per heavy atom. The Hall–Kier alpha value is -0.261. The Morgan fingerprint density at radius 1 is 1.08 bits per heavy atom. The maximum atomic E-state index is 2.60. The van der Waals surface area contributed by atoms with Crippen molar-refractivity contribution in [2.45, 2.75) is 31.5 Å². The van der Waals surface area contributed by atoms with Gasteiger partial charge in [-0.15, -0.1) is 0 Å². The van der Waals surface area contributed by atoms with Gasteiger partial charge in [0.1, 0.15) is 0 Å². The Labute approximate surface area is 83.2 Å². The molecule has 0 nitrogen and oxygen atoms in total. The second-order valence-electron chi connectivity index (χ2n) is 4.11. The van der Waals surface area contributed by atoms with Crippen molar-refractivity contribution >= 4 is 16.0 Å². The van der Waals surface area contributed by atoms with Crippen molar-refractivity contribution < 1.29 is 0 Å². The summed E-state index contributed by atoms with van der Waals surface area (Å²) in [6.07, 6.45) is 0. The molecule has 0 N–H and O–H groups in total. The summed E-state index contributed by atoms with van der Waals surface area (Å²) in [5.74, 6) is 0. The van der Waals surface area contributed by atoms with Crippen molar-refractivity contribution in [3.05, 3.63) is 35.4 Å². The van der Waals surface area contributed by atoms with Crippen molar-refractivity contribution in [2.75, 3.05) is 0 Å². The van der Waals surface area contributed by atoms with Crippen LogP contribution in [0.25, 0.3) is 0 Å². The molecule has 1 aromatic rings. The fraction of sp³-hybridized carbons (Fsp3) is 0.455. The minimum atomic E-state index is 0.279. The van der Waals surface area contributed by atoms with E-state index in [0.717, 1.165) is 5.32 Å². The van der Waals surface area contributed by atoms with Crippen LogP contribution in [-0.4, -0.2) is 16.0 Å². The molecular formula is C11H16Se. The number of hydrogen-bond acceptors (Lipinski definition) is 0. The third-order valence-electron chi connectivity index (χ3n) is 2.00. The molecular weight excluding hydrogens is 211 g/mol. The van der Waals surface area contributed by atoms with Gasteiger partial charge in [-0.3, -0.25) is 0 Å².